The molecule has 1 saturated heterocycles. The number of hydrogen-bond donors (Lipinski definition) is 1. The van der Waals surface area contributed by atoms with Gasteiger partial charge in [-0.05, 0) is 31.0 Å². The van der Waals surface area contributed by atoms with Crippen LogP contribution in [0.3, 0.4) is 0 Å². The molecule has 18 heavy (non-hydrogen) atoms. The summed E-state index contributed by atoms with van der Waals surface area (Å²) in [6.07, 6.45) is 2.56. The van der Waals surface area contributed by atoms with Crippen LogP contribution in [0.25, 0.3) is 0 Å². The van der Waals surface area contributed by atoms with Gasteiger partial charge in [0.25, 0.3) is 0 Å². The van der Waals surface area contributed by atoms with E-state index in [1.165, 1.54) is 0 Å². The largest absolute Gasteiger partial charge is 0.467 e. The number of nitrogens with one attached hydrogen (secondary N) is 1. The smallest absolute Gasteiger partial charge is 0.230 e. The first-order valence-electron chi connectivity index (χ1n) is 6.55. The highest BCUT2D eigenvalue weighted by Crippen LogP contribution is 2.36. The Morgan fingerprint density at radius 2 is 2.39 bits per heavy atom. The van der Waals surface area contributed by atoms with Gasteiger partial charge in [-0.2, -0.15) is 0 Å². The lowest BCUT2D eigenvalue weighted by Crippen LogP contribution is -2.46. The minimum atomic E-state index is -0.249. The maximum absolute atomic E-state index is 12.7. The fourth-order valence-corrected chi connectivity index (χ4v) is 2.72. The Labute approximate surface area is 108 Å². The fraction of sp³-hybridized carbons (Fsp3) is 0.643. The van der Waals surface area contributed by atoms with Gasteiger partial charge in [-0.25, -0.2) is 0 Å². The Morgan fingerprint density at radius 3 is 2.89 bits per heavy atom. The van der Waals surface area contributed by atoms with Crippen LogP contribution in [0.2, 0.25) is 0 Å². The quantitative estimate of drug-likeness (QED) is 0.887. The molecule has 0 spiro atoms. The first kappa shape index (κ1) is 13.1. The Balaban J connectivity index is 2.09. The molecule has 100 valence electrons. The summed E-state index contributed by atoms with van der Waals surface area (Å²) in [5, 5.41) is 3.32. The first-order valence-corrected chi connectivity index (χ1v) is 6.55. The maximum atomic E-state index is 12.7. The summed E-state index contributed by atoms with van der Waals surface area (Å²) in [5.74, 6) is 1.40. The number of furan rings is 1. The van der Waals surface area contributed by atoms with E-state index in [4.69, 9.17) is 4.42 Å². The molecular weight excluding hydrogens is 228 g/mol. The molecule has 0 aliphatic carbocycles. The minimum absolute atomic E-state index is 0.221. The van der Waals surface area contributed by atoms with Crippen molar-refractivity contribution in [3.05, 3.63) is 24.2 Å². The van der Waals surface area contributed by atoms with E-state index in [1.807, 2.05) is 19.2 Å². The highest BCUT2D eigenvalue weighted by atomic mass is 16.3. The van der Waals surface area contributed by atoms with E-state index in [-0.39, 0.29) is 11.3 Å². The molecule has 0 saturated carbocycles. The number of carbonyl (C=O) groups is 1. The Morgan fingerprint density at radius 1 is 1.61 bits per heavy atom. The molecule has 1 fully saturated rings. The number of amides is 1. The highest BCUT2D eigenvalue weighted by Gasteiger charge is 2.45. The lowest BCUT2D eigenvalue weighted by atomic mass is 9.75. The van der Waals surface area contributed by atoms with E-state index in [9.17, 15) is 4.79 Å². The summed E-state index contributed by atoms with van der Waals surface area (Å²) in [7, 11) is 1.85. The third-order valence-corrected chi connectivity index (χ3v) is 4.04. The van der Waals surface area contributed by atoms with E-state index in [0.29, 0.717) is 12.5 Å². The topological polar surface area (TPSA) is 45.5 Å². The third kappa shape index (κ3) is 2.29. The highest BCUT2D eigenvalue weighted by molar-refractivity contribution is 5.83. The van der Waals surface area contributed by atoms with Gasteiger partial charge in [-0.3, -0.25) is 4.79 Å². The molecular formula is C14H22N2O2. The summed E-state index contributed by atoms with van der Waals surface area (Å²) in [6, 6.07) is 3.75. The van der Waals surface area contributed by atoms with Crippen molar-refractivity contribution in [3.63, 3.8) is 0 Å². The van der Waals surface area contributed by atoms with Crippen molar-refractivity contribution in [1.29, 1.82) is 0 Å². The molecule has 2 heterocycles. The monoisotopic (exact) mass is 250 g/mol. The van der Waals surface area contributed by atoms with Crippen molar-refractivity contribution >= 4 is 5.91 Å². The van der Waals surface area contributed by atoms with Crippen molar-refractivity contribution in [3.8, 4) is 0 Å². The van der Waals surface area contributed by atoms with Gasteiger partial charge in [0.1, 0.15) is 5.76 Å². The van der Waals surface area contributed by atoms with Gasteiger partial charge < -0.3 is 14.6 Å². The lowest BCUT2D eigenvalue weighted by Gasteiger charge is -2.34. The molecule has 0 bridgehead atoms. The average molecular weight is 250 g/mol. The zero-order chi connectivity index (χ0) is 13.2. The van der Waals surface area contributed by atoms with Gasteiger partial charge in [-0.1, -0.05) is 13.8 Å². The molecule has 1 N–H and O–H groups in total. The van der Waals surface area contributed by atoms with Gasteiger partial charge in [0.15, 0.2) is 0 Å². The van der Waals surface area contributed by atoms with Crippen molar-refractivity contribution in [2.75, 3.05) is 20.1 Å². The predicted molar refractivity (Wildman–Crippen MR) is 69.9 cm³/mol. The second-order valence-electron chi connectivity index (χ2n) is 5.48. The third-order valence-electron chi connectivity index (χ3n) is 4.04. The summed E-state index contributed by atoms with van der Waals surface area (Å²) in [6.45, 7) is 6.52. The predicted octanol–water partition coefficient (Wildman–Crippen LogP) is 1.87. The molecule has 1 unspecified atom stereocenters. The van der Waals surface area contributed by atoms with Gasteiger partial charge in [0.2, 0.25) is 5.91 Å². The van der Waals surface area contributed by atoms with E-state index in [1.54, 1.807) is 11.2 Å². The second-order valence-corrected chi connectivity index (χ2v) is 5.48. The normalized spacial score (nSPS) is 23.6. The van der Waals surface area contributed by atoms with E-state index in [0.717, 1.165) is 25.3 Å². The van der Waals surface area contributed by atoms with Crippen LogP contribution in [-0.2, 0) is 11.3 Å². The molecule has 1 atom stereocenters. The van der Waals surface area contributed by atoms with Crippen LogP contribution in [0.4, 0.5) is 0 Å². The minimum Gasteiger partial charge on any atom is -0.467 e. The summed E-state index contributed by atoms with van der Waals surface area (Å²) in [5.41, 5.74) is -0.249. The van der Waals surface area contributed by atoms with Gasteiger partial charge >= 0.3 is 0 Å². The van der Waals surface area contributed by atoms with Crippen LogP contribution in [0.5, 0.6) is 0 Å². The first-order chi connectivity index (χ1) is 8.56. The summed E-state index contributed by atoms with van der Waals surface area (Å²) in [4.78, 5) is 14.5. The van der Waals surface area contributed by atoms with Gasteiger partial charge in [-0.15, -0.1) is 0 Å². The van der Waals surface area contributed by atoms with Crippen LogP contribution < -0.4 is 5.32 Å². The van der Waals surface area contributed by atoms with Gasteiger partial charge in [0.05, 0.1) is 18.2 Å². The molecule has 0 aromatic carbocycles. The SMILES string of the molecule is CC(C)C1(C(=O)N(C)Cc2ccco2)CCNC1. The van der Waals surface area contributed by atoms with Crippen molar-refractivity contribution in [2.24, 2.45) is 11.3 Å². The molecule has 4 nitrogen and oxygen atoms in total. The molecule has 1 amide bonds. The fourth-order valence-electron chi connectivity index (χ4n) is 2.72. The Bertz CT molecular complexity index is 392. The zero-order valence-corrected chi connectivity index (χ0v) is 11.4. The molecule has 0 radical (unpaired) electrons. The van der Waals surface area contributed by atoms with Crippen LogP contribution >= 0.6 is 0 Å². The van der Waals surface area contributed by atoms with Crippen LogP contribution in [-0.4, -0.2) is 30.9 Å². The van der Waals surface area contributed by atoms with Crippen LogP contribution in [0, 0.1) is 11.3 Å². The molecule has 1 aliphatic rings. The number of hydrogen-bond acceptors (Lipinski definition) is 3. The second kappa shape index (κ2) is 5.14. The van der Waals surface area contributed by atoms with E-state index in [2.05, 4.69) is 19.2 Å². The molecule has 4 heteroatoms. The molecule has 1 aromatic heterocycles. The number of nitrogens with zero attached hydrogens (tertiary/aromatic N) is 1. The maximum Gasteiger partial charge on any atom is 0.230 e. The van der Waals surface area contributed by atoms with Crippen molar-refractivity contribution < 1.29 is 9.21 Å². The Kier molecular flexibility index (Phi) is 3.76. The lowest BCUT2D eigenvalue weighted by molar-refractivity contribution is -0.143. The number of rotatable bonds is 4. The Hall–Kier alpha value is -1.29. The van der Waals surface area contributed by atoms with E-state index < -0.39 is 0 Å². The molecule has 2 rings (SSSR count). The van der Waals surface area contributed by atoms with E-state index >= 15 is 0 Å². The average Bonchev–Trinajstić information content (AvgIpc) is 2.98. The molecule has 1 aromatic rings. The van der Waals surface area contributed by atoms with Crippen LogP contribution in [0.1, 0.15) is 26.0 Å². The zero-order valence-electron chi connectivity index (χ0n) is 11.4. The standard InChI is InChI=1S/C14H22N2O2/c1-11(2)14(6-7-15-10-14)13(17)16(3)9-12-5-4-8-18-12/h4-5,8,11,15H,6-7,9-10H2,1-3H3. The van der Waals surface area contributed by atoms with Crippen molar-refractivity contribution in [2.45, 2.75) is 26.8 Å². The summed E-state index contributed by atoms with van der Waals surface area (Å²) >= 11 is 0. The van der Waals surface area contributed by atoms with Crippen LogP contribution in [0.15, 0.2) is 22.8 Å². The van der Waals surface area contributed by atoms with Gasteiger partial charge in [0, 0.05) is 13.6 Å². The summed E-state index contributed by atoms with van der Waals surface area (Å²) < 4.78 is 5.30. The van der Waals surface area contributed by atoms with Crippen molar-refractivity contribution in [1.82, 2.24) is 10.2 Å². The number of carbonyl (C=O) groups excluding carboxylic acids is 1. The molecule has 1 aliphatic heterocycles.